The second kappa shape index (κ2) is 5.40. The van der Waals surface area contributed by atoms with E-state index in [0.717, 1.165) is 27.5 Å². The monoisotopic (exact) mass is 376 g/mol. The van der Waals surface area contributed by atoms with E-state index in [-0.39, 0.29) is 0 Å². The molecule has 3 aromatic rings. The number of rotatable bonds is 3. The van der Waals surface area contributed by atoms with Gasteiger partial charge in [-0.05, 0) is 39.7 Å². The highest BCUT2D eigenvalue weighted by molar-refractivity contribution is 9.11. The Labute approximate surface area is 140 Å². The molecule has 5 nitrogen and oxygen atoms in total. The second-order valence-electron chi connectivity index (χ2n) is 5.04. The smallest absolute Gasteiger partial charge is 0.162 e. The van der Waals surface area contributed by atoms with Crippen molar-refractivity contribution in [1.29, 1.82) is 0 Å². The van der Waals surface area contributed by atoms with Crippen molar-refractivity contribution in [1.82, 2.24) is 14.8 Å². The first kappa shape index (κ1) is 13.8. The summed E-state index contributed by atoms with van der Waals surface area (Å²) in [6.45, 7) is 1.53. The highest BCUT2D eigenvalue weighted by atomic mass is 79.9. The van der Waals surface area contributed by atoms with Crippen LogP contribution in [0.25, 0.3) is 11.4 Å². The number of halogens is 1. The molecule has 1 aliphatic heterocycles. The Bertz CT molecular complexity index is 811. The van der Waals surface area contributed by atoms with E-state index in [9.17, 15) is 0 Å². The maximum Gasteiger partial charge on any atom is 0.162 e. The van der Waals surface area contributed by atoms with E-state index in [1.807, 2.05) is 16.8 Å². The average Bonchev–Trinajstić information content (AvgIpc) is 3.13. The lowest BCUT2D eigenvalue weighted by molar-refractivity contribution is 0.414. The topological polar surface area (TPSA) is 43.2 Å². The van der Waals surface area contributed by atoms with Gasteiger partial charge in [0, 0.05) is 6.54 Å². The number of anilines is 1. The zero-order chi connectivity index (χ0) is 15.1. The van der Waals surface area contributed by atoms with Crippen LogP contribution in [0.2, 0.25) is 0 Å². The van der Waals surface area contributed by atoms with Crippen molar-refractivity contribution < 1.29 is 4.74 Å². The number of aromatic nitrogens is 3. The van der Waals surface area contributed by atoms with Crippen LogP contribution in [0.4, 0.5) is 5.00 Å². The van der Waals surface area contributed by atoms with Crippen LogP contribution in [0.15, 0.2) is 40.4 Å². The third kappa shape index (κ3) is 2.30. The molecule has 0 amide bonds. The normalized spacial score (nSPS) is 12.9. The fraction of sp³-hybridized carbons (Fsp3) is 0.200. The molecule has 1 aromatic carbocycles. The minimum atomic E-state index is 0.710. The van der Waals surface area contributed by atoms with E-state index >= 15 is 0 Å². The fourth-order valence-corrected chi connectivity index (χ4v) is 4.18. The maximum atomic E-state index is 5.21. The molecule has 0 bridgehead atoms. The first-order valence-electron chi connectivity index (χ1n) is 6.80. The summed E-state index contributed by atoms with van der Waals surface area (Å²) in [6, 6.07) is 10.3. The number of hydrogen-bond acceptors (Lipinski definition) is 5. The maximum absolute atomic E-state index is 5.21. The third-order valence-electron chi connectivity index (χ3n) is 3.66. The summed E-state index contributed by atoms with van der Waals surface area (Å²) in [5, 5.41) is 5.54. The van der Waals surface area contributed by atoms with E-state index in [0.29, 0.717) is 6.67 Å². The third-order valence-corrected chi connectivity index (χ3v) is 5.36. The van der Waals surface area contributed by atoms with Crippen LogP contribution in [0, 0.1) is 0 Å². The van der Waals surface area contributed by atoms with Crippen molar-refractivity contribution in [3.8, 4) is 17.1 Å². The highest BCUT2D eigenvalue weighted by Crippen LogP contribution is 2.43. The van der Waals surface area contributed by atoms with E-state index in [1.54, 1.807) is 24.8 Å². The zero-order valence-corrected chi connectivity index (χ0v) is 14.3. The lowest BCUT2D eigenvalue weighted by Crippen LogP contribution is -2.29. The van der Waals surface area contributed by atoms with Crippen LogP contribution in [-0.4, -0.2) is 21.9 Å². The SMILES string of the molecule is COc1ccc(CN2Cn3ncnc3-c3cc(Br)sc32)cc1. The Morgan fingerprint density at radius 3 is 2.91 bits per heavy atom. The first-order valence-corrected chi connectivity index (χ1v) is 8.41. The van der Waals surface area contributed by atoms with Crippen molar-refractivity contribution >= 4 is 32.3 Å². The van der Waals surface area contributed by atoms with Gasteiger partial charge in [0.25, 0.3) is 0 Å². The van der Waals surface area contributed by atoms with E-state index in [4.69, 9.17) is 4.74 Å². The van der Waals surface area contributed by atoms with Crippen LogP contribution in [-0.2, 0) is 13.2 Å². The van der Waals surface area contributed by atoms with Gasteiger partial charge in [-0.15, -0.1) is 11.3 Å². The number of methoxy groups -OCH3 is 1. The molecule has 3 heterocycles. The predicted octanol–water partition coefficient (Wildman–Crippen LogP) is 3.76. The first-order chi connectivity index (χ1) is 10.7. The average molecular weight is 377 g/mol. The molecule has 0 unspecified atom stereocenters. The highest BCUT2D eigenvalue weighted by Gasteiger charge is 2.26. The van der Waals surface area contributed by atoms with Gasteiger partial charge in [0.05, 0.1) is 16.5 Å². The van der Waals surface area contributed by atoms with Gasteiger partial charge in [-0.1, -0.05) is 12.1 Å². The van der Waals surface area contributed by atoms with Crippen molar-refractivity contribution in [2.75, 3.05) is 12.0 Å². The molecule has 0 spiro atoms. The van der Waals surface area contributed by atoms with Crippen LogP contribution >= 0.6 is 27.3 Å². The lowest BCUT2D eigenvalue weighted by atomic mass is 10.2. The largest absolute Gasteiger partial charge is 0.497 e. The Balaban J connectivity index is 1.67. The molecular weight excluding hydrogens is 364 g/mol. The van der Waals surface area contributed by atoms with Crippen molar-refractivity contribution in [2.24, 2.45) is 0 Å². The minimum absolute atomic E-state index is 0.710. The Kier molecular flexibility index (Phi) is 3.38. The lowest BCUT2D eigenvalue weighted by Gasteiger charge is -2.28. The number of thiophene rings is 1. The summed E-state index contributed by atoms with van der Waals surface area (Å²) in [6.07, 6.45) is 1.61. The van der Waals surface area contributed by atoms with Crippen molar-refractivity contribution in [3.63, 3.8) is 0 Å². The van der Waals surface area contributed by atoms with Gasteiger partial charge >= 0.3 is 0 Å². The Morgan fingerprint density at radius 1 is 1.32 bits per heavy atom. The number of nitrogens with zero attached hydrogens (tertiary/aromatic N) is 4. The van der Waals surface area contributed by atoms with Gasteiger partial charge in [-0.3, -0.25) is 0 Å². The van der Waals surface area contributed by atoms with E-state index in [1.165, 1.54) is 10.6 Å². The molecule has 22 heavy (non-hydrogen) atoms. The number of fused-ring (bicyclic) bond motifs is 3. The van der Waals surface area contributed by atoms with Gasteiger partial charge in [0.1, 0.15) is 23.7 Å². The summed E-state index contributed by atoms with van der Waals surface area (Å²) in [5.41, 5.74) is 2.37. The summed E-state index contributed by atoms with van der Waals surface area (Å²) in [7, 11) is 1.68. The number of ether oxygens (including phenoxy) is 1. The van der Waals surface area contributed by atoms with Crippen LogP contribution < -0.4 is 9.64 Å². The standard InChI is InChI=1S/C15H13BrN4OS/c1-21-11-4-2-10(3-5-11)7-19-9-20-14(17-8-18-20)12-6-13(16)22-15(12)19/h2-6,8H,7,9H2,1H3. The minimum Gasteiger partial charge on any atom is -0.497 e. The molecule has 2 aromatic heterocycles. The molecule has 7 heteroatoms. The van der Waals surface area contributed by atoms with Gasteiger partial charge in [-0.25, -0.2) is 9.67 Å². The molecule has 4 rings (SSSR count). The molecule has 1 aliphatic rings. The summed E-state index contributed by atoms with van der Waals surface area (Å²) in [5.74, 6) is 1.81. The van der Waals surface area contributed by atoms with Crippen LogP contribution in [0.5, 0.6) is 5.75 Å². The Hall–Kier alpha value is -1.86. The fourth-order valence-electron chi connectivity index (χ4n) is 2.62. The van der Waals surface area contributed by atoms with Gasteiger partial charge in [0.2, 0.25) is 0 Å². The molecule has 0 saturated carbocycles. The molecule has 0 saturated heterocycles. The van der Waals surface area contributed by atoms with Crippen molar-refractivity contribution in [3.05, 3.63) is 46.0 Å². The molecule has 0 aliphatic carbocycles. The molecule has 0 N–H and O–H groups in total. The zero-order valence-electron chi connectivity index (χ0n) is 11.9. The number of hydrogen-bond donors (Lipinski definition) is 0. The van der Waals surface area contributed by atoms with E-state index < -0.39 is 0 Å². The molecule has 0 fully saturated rings. The van der Waals surface area contributed by atoms with Crippen LogP contribution in [0.3, 0.4) is 0 Å². The van der Waals surface area contributed by atoms with Crippen LogP contribution in [0.1, 0.15) is 5.56 Å². The van der Waals surface area contributed by atoms with Gasteiger partial charge < -0.3 is 9.64 Å². The number of benzene rings is 1. The molecule has 0 radical (unpaired) electrons. The summed E-state index contributed by atoms with van der Waals surface area (Å²) < 4.78 is 8.26. The summed E-state index contributed by atoms with van der Waals surface area (Å²) in [4.78, 5) is 6.68. The molecular formula is C15H13BrN4OS. The van der Waals surface area contributed by atoms with E-state index in [2.05, 4.69) is 49.1 Å². The molecule has 112 valence electrons. The predicted molar refractivity (Wildman–Crippen MR) is 90.2 cm³/mol. The molecule has 0 atom stereocenters. The quantitative estimate of drug-likeness (QED) is 0.697. The van der Waals surface area contributed by atoms with Gasteiger partial charge in [-0.2, -0.15) is 5.10 Å². The van der Waals surface area contributed by atoms with Crippen molar-refractivity contribution in [2.45, 2.75) is 13.2 Å². The second-order valence-corrected chi connectivity index (χ2v) is 7.45. The Morgan fingerprint density at radius 2 is 2.14 bits per heavy atom. The summed E-state index contributed by atoms with van der Waals surface area (Å²) >= 11 is 5.31. The van der Waals surface area contributed by atoms with Gasteiger partial charge in [0.15, 0.2) is 5.82 Å².